The molecule has 0 aliphatic heterocycles. The van der Waals surface area contributed by atoms with Crippen LogP contribution in [0.3, 0.4) is 0 Å². The van der Waals surface area contributed by atoms with Gasteiger partial charge in [0.2, 0.25) is 21.8 Å². The van der Waals surface area contributed by atoms with E-state index in [0.717, 1.165) is 6.26 Å². The highest BCUT2D eigenvalue weighted by Gasteiger charge is 2.27. The molecule has 1 N–H and O–H groups in total. The summed E-state index contributed by atoms with van der Waals surface area (Å²) in [7, 11) is -3.60. The molecule has 2 aromatic carbocycles. The van der Waals surface area contributed by atoms with E-state index in [1.165, 1.54) is 9.21 Å². The summed E-state index contributed by atoms with van der Waals surface area (Å²) in [6.07, 6.45) is 1.36. The van der Waals surface area contributed by atoms with E-state index in [1.54, 1.807) is 49.4 Å². The Morgan fingerprint density at radius 1 is 1.00 bits per heavy atom. The maximum atomic E-state index is 13.3. The number of rotatable bonds is 11. The quantitative estimate of drug-likeness (QED) is 0.411. The lowest BCUT2D eigenvalue weighted by atomic mass is 10.1. The molecule has 0 saturated heterocycles. The van der Waals surface area contributed by atoms with Crippen LogP contribution in [0, 0.1) is 0 Å². The van der Waals surface area contributed by atoms with Crippen LogP contribution in [-0.2, 0) is 26.2 Å². The van der Waals surface area contributed by atoms with Crippen molar-refractivity contribution in [2.75, 3.05) is 17.1 Å². The molecular weight excluding hydrogens is 533 g/mol. The number of carbonyl (C=O) groups excluding carboxylic acids is 2. The minimum absolute atomic E-state index is 0.0249. The van der Waals surface area contributed by atoms with Crippen molar-refractivity contribution in [3.63, 3.8) is 0 Å². The van der Waals surface area contributed by atoms with E-state index in [2.05, 4.69) is 5.32 Å². The second-order valence-corrected chi connectivity index (χ2v) is 11.7. The van der Waals surface area contributed by atoms with Crippen LogP contribution in [0.5, 0.6) is 0 Å². The van der Waals surface area contributed by atoms with E-state index < -0.39 is 16.1 Å². The smallest absolute Gasteiger partial charge is 0.242 e. The topological polar surface area (TPSA) is 86.8 Å². The fourth-order valence-electron chi connectivity index (χ4n) is 3.46. The molecule has 2 rings (SSSR count). The normalized spacial score (nSPS) is 12.3. The fourth-order valence-corrected chi connectivity index (χ4v) is 5.07. The van der Waals surface area contributed by atoms with Gasteiger partial charge in [-0.25, -0.2) is 8.42 Å². The first-order chi connectivity index (χ1) is 16.3. The summed E-state index contributed by atoms with van der Waals surface area (Å²) in [6.45, 7) is 5.50. The maximum Gasteiger partial charge on any atom is 0.242 e. The summed E-state index contributed by atoms with van der Waals surface area (Å²) < 4.78 is 25.9. The fraction of sp³-hybridized carbons (Fsp3) is 0.417. The van der Waals surface area contributed by atoms with E-state index in [9.17, 15) is 18.0 Å². The van der Waals surface area contributed by atoms with Crippen LogP contribution in [0.15, 0.2) is 42.5 Å². The van der Waals surface area contributed by atoms with Crippen molar-refractivity contribution in [1.82, 2.24) is 10.2 Å². The Kier molecular flexibility index (Phi) is 10.7. The van der Waals surface area contributed by atoms with Gasteiger partial charge in [-0.3, -0.25) is 13.9 Å². The van der Waals surface area contributed by atoms with Gasteiger partial charge in [-0.1, -0.05) is 46.9 Å². The number of halogens is 3. The van der Waals surface area contributed by atoms with Gasteiger partial charge in [0.1, 0.15) is 6.04 Å². The van der Waals surface area contributed by atoms with Crippen molar-refractivity contribution in [3.05, 3.63) is 63.1 Å². The second kappa shape index (κ2) is 12.8. The Morgan fingerprint density at radius 3 is 2.23 bits per heavy atom. The second-order valence-electron chi connectivity index (χ2n) is 8.52. The van der Waals surface area contributed by atoms with Gasteiger partial charge in [0.05, 0.1) is 11.9 Å². The molecule has 0 fully saturated rings. The molecule has 35 heavy (non-hydrogen) atoms. The minimum atomic E-state index is -3.60. The standard InChI is InChI=1S/C24H30Cl3N3O4S/c1-16(2)28-24(32)17(3)29(15-18-10-11-20(26)14-22(18)27)23(31)9-6-12-30(35(4,33)34)21-8-5-7-19(25)13-21/h5,7-8,10-11,13-14,16-17H,6,9,12,15H2,1-4H3,(H,28,32). The Balaban J connectivity index is 2.20. The highest BCUT2D eigenvalue weighted by Crippen LogP contribution is 2.25. The van der Waals surface area contributed by atoms with Gasteiger partial charge in [0, 0.05) is 40.6 Å². The predicted molar refractivity (Wildman–Crippen MR) is 143 cm³/mol. The lowest BCUT2D eigenvalue weighted by Gasteiger charge is -2.30. The van der Waals surface area contributed by atoms with Crippen molar-refractivity contribution in [3.8, 4) is 0 Å². The number of anilines is 1. The third kappa shape index (κ3) is 8.86. The van der Waals surface area contributed by atoms with Gasteiger partial charge in [-0.2, -0.15) is 0 Å². The van der Waals surface area contributed by atoms with Gasteiger partial charge in [0.15, 0.2) is 0 Å². The monoisotopic (exact) mass is 561 g/mol. The largest absolute Gasteiger partial charge is 0.352 e. The van der Waals surface area contributed by atoms with Gasteiger partial charge in [0.25, 0.3) is 0 Å². The van der Waals surface area contributed by atoms with Gasteiger partial charge in [-0.15, -0.1) is 0 Å². The summed E-state index contributed by atoms with van der Waals surface area (Å²) in [6, 6.07) is 10.6. The average molecular weight is 563 g/mol. The third-order valence-corrected chi connectivity index (χ3v) is 7.22. The molecule has 0 aromatic heterocycles. The van der Waals surface area contributed by atoms with Crippen molar-refractivity contribution < 1.29 is 18.0 Å². The highest BCUT2D eigenvalue weighted by molar-refractivity contribution is 7.92. The van der Waals surface area contributed by atoms with Crippen molar-refractivity contribution in [2.45, 2.75) is 52.2 Å². The van der Waals surface area contributed by atoms with E-state index in [0.29, 0.717) is 26.3 Å². The van der Waals surface area contributed by atoms with Crippen LogP contribution in [0.1, 0.15) is 39.2 Å². The molecule has 0 saturated carbocycles. The van der Waals surface area contributed by atoms with E-state index >= 15 is 0 Å². The van der Waals surface area contributed by atoms with Crippen LogP contribution < -0.4 is 9.62 Å². The molecule has 1 atom stereocenters. The van der Waals surface area contributed by atoms with Crippen LogP contribution in [0.25, 0.3) is 0 Å². The molecule has 0 heterocycles. The summed E-state index contributed by atoms with van der Waals surface area (Å²) in [5, 5.41) is 4.07. The zero-order chi connectivity index (χ0) is 26.3. The molecule has 7 nitrogen and oxygen atoms in total. The van der Waals surface area contributed by atoms with E-state index in [4.69, 9.17) is 34.8 Å². The Labute approximate surface area is 222 Å². The third-order valence-electron chi connectivity index (χ3n) is 5.20. The zero-order valence-electron chi connectivity index (χ0n) is 20.1. The van der Waals surface area contributed by atoms with Crippen LogP contribution in [-0.4, -0.2) is 50.0 Å². The number of carbonyl (C=O) groups is 2. The number of hydrogen-bond donors (Lipinski definition) is 1. The molecule has 2 aromatic rings. The molecule has 1 unspecified atom stereocenters. The molecule has 0 bridgehead atoms. The molecule has 11 heteroatoms. The first kappa shape index (κ1) is 29.2. The molecule has 0 aliphatic carbocycles. The summed E-state index contributed by atoms with van der Waals surface area (Å²) in [5.41, 5.74) is 1.06. The van der Waals surface area contributed by atoms with Gasteiger partial charge in [-0.05, 0) is 63.1 Å². The van der Waals surface area contributed by atoms with E-state index in [1.807, 2.05) is 13.8 Å². The number of nitrogens with zero attached hydrogens (tertiary/aromatic N) is 2. The SMILES string of the molecule is CC(C)NC(=O)C(C)N(Cc1ccc(Cl)cc1Cl)C(=O)CCCN(c1cccc(Cl)c1)S(C)(=O)=O. The first-order valence-corrected chi connectivity index (χ1v) is 14.0. The molecule has 0 radical (unpaired) electrons. The number of sulfonamides is 1. The Bertz CT molecular complexity index is 1160. The zero-order valence-corrected chi connectivity index (χ0v) is 23.2. The summed E-state index contributed by atoms with van der Waals surface area (Å²) in [5.74, 6) is -0.600. The summed E-state index contributed by atoms with van der Waals surface area (Å²) >= 11 is 18.3. The van der Waals surface area contributed by atoms with E-state index in [-0.39, 0.29) is 43.8 Å². The minimum Gasteiger partial charge on any atom is -0.352 e. The van der Waals surface area contributed by atoms with Crippen molar-refractivity contribution in [2.24, 2.45) is 0 Å². The number of hydrogen-bond acceptors (Lipinski definition) is 4. The first-order valence-electron chi connectivity index (χ1n) is 11.1. The lowest BCUT2D eigenvalue weighted by molar-refractivity contribution is -0.140. The lowest BCUT2D eigenvalue weighted by Crippen LogP contribution is -2.49. The van der Waals surface area contributed by atoms with Crippen molar-refractivity contribution >= 4 is 62.3 Å². The molecular formula is C24H30Cl3N3O4S. The summed E-state index contributed by atoms with van der Waals surface area (Å²) in [4.78, 5) is 27.4. The van der Waals surface area contributed by atoms with Gasteiger partial charge < -0.3 is 10.2 Å². The number of benzene rings is 2. The molecule has 192 valence electrons. The number of amides is 2. The molecule has 2 amide bonds. The highest BCUT2D eigenvalue weighted by atomic mass is 35.5. The average Bonchev–Trinajstić information content (AvgIpc) is 2.74. The van der Waals surface area contributed by atoms with Crippen molar-refractivity contribution in [1.29, 1.82) is 0 Å². The molecule has 0 spiro atoms. The van der Waals surface area contributed by atoms with Crippen LogP contribution >= 0.6 is 34.8 Å². The predicted octanol–water partition coefficient (Wildman–Crippen LogP) is 5.13. The van der Waals surface area contributed by atoms with Gasteiger partial charge >= 0.3 is 0 Å². The Hall–Kier alpha value is -2.00. The van der Waals surface area contributed by atoms with Crippen LogP contribution in [0.2, 0.25) is 15.1 Å². The van der Waals surface area contributed by atoms with Crippen LogP contribution in [0.4, 0.5) is 5.69 Å². The Morgan fingerprint density at radius 2 is 1.66 bits per heavy atom. The number of nitrogens with one attached hydrogen (secondary N) is 1. The molecule has 0 aliphatic rings. The maximum absolute atomic E-state index is 13.3.